The number of carbonyl (C=O) groups excluding carboxylic acids is 3. The van der Waals surface area contributed by atoms with E-state index in [0.29, 0.717) is 20.2 Å². The van der Waals surface area contributed by atoms with Crippen molar-refractivity contribution in [3.63, 3.8) is 0 Å². The number of urea groups is 1. The lowest BCUT2D eigenvalue weighted by Gasteiger charge is -2.26. The van der Waals surface area contributed by atoms with Gasteiger partial charge < -0.3 is 9.84 Å². The van der Waals surface area contributed by atoms with Crippen molar-refractivity contribution in [2.45, 2.75) is 13.3 Å². The SMILES string of the molecule is CCc1ccc(N2C(=O)NC(=O)/C(=C/c3cc(OC)c(O)c(Br)c3Br)C2=O)cc1. The number of ether oxygens (including phenoxy) is 1. The number of rotatable bonds is 4. The Hall–Kier alpha value is -2.65. The van der Waals surface area contributed by atoms with E-state index in [-0.39, 0.29) is 17.1 Å². The van der Waals surface area contributed by atoms with E-state index in [1.807, 2.05) is 19.1 Å². The van der Waals surface area contributed by atoms with Gasteiger partial charge in [0.1, 0.15) is 5.57 Å². The number of hydrogen-bond donors (Lipinski definition) is 2. The number of nitrogens with zero attached hydrogens (tertiary/aromatic N) is 1. The fourth-order valence-corrected chi connectivity index (χ4v) is 3.64. The lowest BCUT2D eigenvalue weighted by atomic mass is 10.1. The molecule has 4 amide bonds. The molecule has 1 aliphatic heterocycles. The Balaban J connectivity index is 2.07. The highest BCUT2D eigenvalue weighted by atomic mass is 79.9. The van der Waals surface area contributed by atoms with Gasteiger partial charge in [0.15, 0.2) is 11.5 Å². The molecule has 0 radical (unpaired) electrons. The molecule has 0 unspecified atom stereocenters. The third kappa shape index (κ3) is 3.92. The van der Waals surface area contributed by atoms with Crippen LogP contribution in [-0.2, 0) is 16.0 Å². The van der Waals surface area contributed by atoms with Gasteiger partial charge in [-0.25, -0.2) is 9.69 Å². The summed E-state index contributed by atoms with van der Waals surface area (Å²) in [6.45, 7) is 2.00. The third-order valence-electron chi connectivity index (χ3n) is 4.40. The summed E-state index contributed by atoms with van der Waals surface area (Å²) in [6.07, 6.45) is 2.14. The summed E-state index contributed by atoms with van der Waals surface area (Å²) in [5.74, 6) is -1.54. The molecule has 0 spiro atoms. The predicted molar refractivity (Wildman–Crippen MR) is 115 cm³/mol. The Morgan fingerprint density at radius 2 is 1.79 bits per heavy atom. The molecule has 0 aromatic heterocycles. The summed E-state index contributed by atoms with van der Waals surface area (Å²) in [4.78, 5) is 38.6. The third-order valence-corrected chi connectivity index (χ3v) is 6.56. The van der Waals surface area contributed by atoms with E-state index in [2.05, 4.69) is 37.2 Å². The van der Waals surface area contributed by atoms with Crippen LogP contribution in [0.3, 0.4) is 0 Å². The Morgan fingerprint density at radius 3 is 2.38 bits per heavy atom. The standard InChI is InChI=1S/C20H16Br2N2O5/c1-3-10-4-6-12(7-5-10)24-19(27)13(18(26)23-20(24)28)8-11-9-14(29-2)17(25)16(22)15(11)21/h4-9,25H,3H2,1-2H3,(H,23,26,28)/b13-8-. The number of anilines is 1. The summed E-state index contributed by atoms with van der Waals surface area (Å²) >= 11 is 6.55. The average Bonchev–Trinajstić information content (AvgIpc) is 2.71. The topological polar surface area (TPSA) is 95.9 Å². The molecule has 2 aromatic carbocycles. The molecule has 1 fully saturated rings. The van der Waals surface area contributed by atoms with Gasteiger partial charge in [0.25, 0.3) is 11.8 Å². The number of aromatic hydroxyl groups is 1. The maximum absolute atomic E-state index is 13.0. The van der Waals surface area contributed by atoms with Gasteiger partial charge in [-0.15, -0.1) is 0 Å². The number of methoxy groups -OCH3 is 1. The summed E-state index contributed by atoms with van der Waals surface area (Å²) < 4.78 is 5.83. The van der Waals surface area contributed by atoms with Gasteiger partial charge >= 0.3 is 6.03 Å². The first-order valence-corrected chi connectivity index (χ1v) is 10.1. The summed E-state index contributed by atoms with van der Waals surface area (Å²) in [5.41, 5.74) is 1.58. The van der Waals surface area contributed by atoms with E-state index < -0.39 is 17.8 Å². The first kappa shape index (κ1) is 21.1. The van der Waals surface area contributed by atoms with Gasteiger partial charge in [-0.2, -0.15) is 0 Å². The van der Waals surface area contributed by atoms with Crippen molar-refractivity contribution < 1.29 is 24.2 Å². The average molecular weight is 524 g/mol. The molecular weight excluding hydrogens is 508 g/mol. The van der Waals surface area contributed by atoms with Crippen molar-refractivity contribution in [2.75, 3.05) is 12.0 Å². The van der Waals surface area contributed by atoms with Gasteiger partial charge in [0.2, 0.25) is 0 Å². The van der Waals surface area contributed by atoms with E-state index in [0.717, 1.165) is 16.9 Å². The van der Waals surface area contributed by atoms with Gasteiger partial charge in [0, 0.05) is 4.47 Å². The maximum atomic E-state index is 13.0. The van der Waals surface area contributed by atoms with Gasteiger partial charge in [0.05, 0.1) is 17.3 Å². The van der Waals surface area contributed by atoms with Crippen LogP contribution in [0, 0.1) is 0 Å². The van der Waals surface area contributed by atoms with Crippen molar-refractivity contribution in [3.05, 3.63) is 56.0 Å². The van der Waals surface area contributed by atoms with E-state index in [1.54, 1.807) is 12.1 Å². The zero-order chi connectivity index (χ0) is 21.3. The second kappa shape index (κ2) is 8.38. The van der Waals surface area contributed by atoms with Crippen molar-refractivity contribution in [1.82, 2.24) is 5.32 Å². The van der Waals surface area contributed by atoms with Crippen molar-refractivity contribution in [2.24, 2.45) is 0 Å². The highest BCUT2D eigenvalue weighted by Gasteiger charge is 2.37. The van der Waals surface area contributed by atoms with E-state index in [9.17, 15) is 19.5 Å². The molecule has 3 rings (SSSR count). The zero-order valence-electron chi connectivity index (χ0n) is 15.5. The number of aryl methyl sites for hydroxylation is 1. The van der Waals surface area contributed by atoms with Crippen molar-refractivity contribution in [3.8, 4) is 11.5 Å². The van der Waals surface area contributed by atoms with Gasteiger partial charge in [-0.05, 0) is 73.7 Å². The Labute approximate surface area is 183 Å². The molecule has 9 heteroatoms. The molecule has 7 nitrogen and oxygen atoms in total. The van der Waals surface area contributed by atoms with E-state index in [4.69, 9.17) is 4.74 Å². The molecule has 1 heterocycles. The molecule has 29 heavy (non-hydrogen) atoms. The Morgan fingerprint density at radius 1 is 1.14 bits per heavy atom. The van der Waals surface area contributed by atoms with Gasteiger partial charge in [-0.3, -0.25) is 14.9 Å². The second-order valence-corrected chi connectivity index (χ2v) is 7.71. The summed E-state index contributed by atoms with van der Waals surface area (Å²) in [6, 6.07) is 7.58. The minimum absolute atomic E-state index is 0.131. The van der Waals surface area contributed by atoms with Crippen LogP contribution in [0.15, 0.2) is 44.9 Å². The van der Waals surface area contributed by atoms with E-state index in [1.165, 1.54) is 19.3 Å². The second-order valence-electron chi connectivity index (χ2n) is 6.12. The fourth-order valence-electron chi connectivity index (χ4n) is 2.80. The number of benzene rings is 2. The number of phenolic OH excluding ortho intramolecular Hbond substituents is 1. The van der Waals surface area contributed by atoms with E-state index >= 15 is 0 Å². The van der Waals surface area contributed by atoms with Crippen LogP contribution in [-0.4, -0.2) is 30.1 Å². The highest BCUT2D eigenvalue weighted by Crippen LogP contribution is 2.42. The minimum Gasteiger partial charge on any atom is -0.503 e. The molecular formula is C20H16Br2N2O5. The summed E-state index contributed by atoms with van der Waals surface area (Å²) in [5, 5.41) is 12.2. The zero-order valence-corrected chi connectivity index (χ0v) is 18.6. The first-order valence-electron chi connectivity index (χ1n) is 8.53. The maximum Gasteiger partial charge on any atom is 0.335 e. The number of nitrogens with one attached hydrogen (secondary N) is 1. The smallest absolute Gasteiger partial charge is 0.335 e. The van der Waals surface area contributed by atoms with Crippen molar-refractivity contribution >= 4 is 61.5 Å². The fraction of sp³-hybridized carbons (Fsp3) is 0.150. The number of amides is 4. The number of phenols is 1. The molecule has 150 valence electrons. The quantitative estimate of drug-likeness (QED) is 0.463. The molecule has 0 aliphatic carbocycles. The first-order chi connectivity index (χ1) is 13.8. The number of carbonyl (C=O) groups is 3. The number of barbiturate groups is 1. The van der Waals surface area contributed by atoms with Crippen LogP contribution in [0.2, 0.25) is 0 Å². The van der Waals surface area contributed by atoms with Crippen LogP contribution in [0.5, 0.6) is 11.5 Å². The van der Waals surface area contributed by atoms with Crippen LogP contribution in [0.4, 0.5) is 10.5 Å². The Bertz CT molecular complexity index is 1050. The Kier molecular flexibility index (Phi) is 6.09. The minimum atomic E-state index is -0.815. The molecule has 0 saturated carbocycles. The largest absolute Gasteiger partial charge is 0.503 e. The lowest BCUT2D eigenvalue weighted by molar-refractivity contribution is -0.122. The van der Waals surface area contributed by atoms with Crippen LogP contribution < -0.4 is 15.0 Å². The predicted octanol–water partition coefficient (Wildman–Crippen LogP) is 4.15. The molecule has 1 aliphatic rings. The number of imide groups is 2. The van der Waals surface area contributed by atoms with Crippen LogP contribution in [0.25, 0.3) is 6.08 Å². The molecule has 2 aromatic rings. The molecule has 0 atom stereocenters. The van der Waals surface area contributed by atoms with Crippen LogP contribution in [0.1, 0.15) is 18.1 Å². The summed E-state index contributed by atoms with van der Waals surface area (Å²) in [7, 11) is 1.38. The number of hydrogen-bond acceptors (Lipinski definition) is 5. The molecule has 0 bridgehead atoms. The molecule has 2 N–H and O–H groups in total. The van der Waals surface area contributed by atoms with Gasteiger partial charge in [-0.1, -0.05) is 19.1 Å². The lowest BCUT2D eigenvalue weighted by Crippen LogP contribution is -2.54. The number of halogens is 2. The highest BCUT2D eigenvalue weighted by molar-refractivity contribution is 9.13. The van der Waals surface area contributed by atoms with Crippen molar-refractivity contribution in [1.29, 1.82) is 0 Å². The monoisotopic (exact) mass is 522 g/mol. The normalized spacial score (nSPS) is 15.7. The molecule has 1 saturated heterocycles. The van der Waals surface area contributed by atoms with Crippen LogP contribution >= 0.6 is 31.9 Å².